The molecule has 0 N–H and O–H groups in total. The number of nitrogens with zero attached hydrogens (tertiary/aromatic N) is 3. The quantitative estimate of drug-likeness (QED) is 0.670. The highest BCUT2D eigenvalue weighted by atomic mass is 16.5. The topological polar surface area (TPSA) is 49.2 Å². The number of ether oxygens (including phenoxy) is 2. The van der Waals surface area contributed by atoms with Crippen molar-refractivity contribution in [2.45, 2.75) is 19.9 Å². The van der Waals surface area contributed by atoms with Gasteiger partial charge in [0.15, 0.2) is 0 Å². The number of aromatic nitrogens is 3. The number of rotatable bonds is 7. The molecule has 5 nitrogen and oxygen atoms in total. The molecule has 0 spiro atoms. The lowest BCUT2D eigenvalue weighted by atomic mass is 10.1. The van der Waals surface area contributed by atoms with Crippen LogP contribution in [0.25, 0.3) is 0 Å². The van der Waals surface area contributed by atoms with E-state index >= 15 is 0 Å². The predicted molar refractivity (Wildman–Crippen MR) is 56.6 cm³/mol. The van der Waals surface area contributed by atoms with Gasteiger partial charge in [0.2, 0.25) is 0 Å². The molecule has 0 amide bonds. The van der Waals surface area contributed by atoms with Gasteiger partial charge in [-0.25, -0.2) is 0 Å². The molecule has 0 aliphatic heterocycles. The normalized spacial score (nSPS) is 13.0. The maximum absolute atomic E-state index is 5.09. The van der Waals surface area contributed by atoms with Gasteiger partial charge >= 0.3 is 0 Å². The number of hydrogen-bond donors (Lipinski definition) is 0. The highest BCUT2D eigenvalue weighted by molar-refractivity contribution is 4.87. The van der Waals surface area contributed by atoms with E-state index in [1.165, 1.54) is 0 Å². The largest absolute Gasteiger partial charge is 0.384 e. The van der Waals surface area contributed by atoms with E-state index in [0.717, 1.165) is 25.4 Å². The fourth-order valence-electron chi connectivity index (χ4n) is 1.47. The van der Waals surface area contributed by atoms with E-state index in [2.05, 4.69) is 17.1 Å². The average molecular weight is 213 g/mol. The Labute approximate surface area is 90.4 Å². The number of methoxy groups -OCH3 is 2. The van der Waals surface area contributed by atoms with Crippen LogP contribution < -0.4 is 0 Å². The molecule has 0 aliphatic rings. The van der Waals surface area contributed by atoms with E-state index in [1.54, 1.807) is 20.5 Å². The van der Waals surface area contributed by atoms with Crippen LogP contribution in [0.2, 0.25) is 0 Å². The lowest BCUT2D eigenvalue weighted by Crippen LogP contribution is -2.13. The molecule has 5 heteroatoms. The maximum atomic E-state index is 5.09. The Hall–Kier alpha value is -0.940. The van der Waals surface area contributed by atoms with Gasteiger partial charge in [-0.1, -0.05) is 6.92 Å². The summed E-state index contributed by atoms with van der Waals surface area (Å²) in [5.41, 5.74) is 0. The van der Waals surface area contributed by atoms with Gasteiger partial charge in [-0.3, -0.25) is 0 Å². The van der Waals surface area contributed by atoms with Crippen LogP contribution in [0.3, 0.4) is 0 Å². The van der Waals surface area contributed by atoms with E-state index in [9.17, 15) is 0 Å². The van der Waals surface area contributed by atoms with E-state index in [0.29, 0.717) is 12.5 Å². The second kappa shape index (κ2) is 6.53. The Kier molecular flexibility index (Phi) is 5.28. The van der Waals surface area contributed by atoms with Crippen molar-refractivity contribution in [2.24, 2.45) is 5.92 Å². The number of hydrogen-bond acceptors (Lipinski definition) is 4. The molecule has 1 aromatic heterocycles. The van der Waals surface area contributed by atoms with E-state index in [1.807, 2.05) is 4.57 Å². The van der Waals surface area contributed by atoms with E-state index in [4.69, 9.17) is 9.47 Å². The molecule has 0 saturated heterocycles. The molecule has 0 aromatic carbocycles. The molecule has 0 bridgehead atoms. The van der Waals surface area contributed by atoms with Gasteiger partial charge in [0.1, 0.15) is 12.2 Å². The lowest BCUT2D eigenvalue weighted by Gasteiger charge is -2.10. The fraction of sp³-hybridized carbons (Fsp3) is 0.800. The standard InChI is InChI=1S/C10H19N3O2/c1-9(7-15-3)6-10-12-11-8-13(10)4-5-14-2/h8-9H,4-7H2,1-3H3. The molecule has 86 valence electrons. The van der Waals surface area contributed by atoms with Crippen molar-refractivity contribution < 1.29 is 9.47 Å². The first-order valence-electron chi connectivity index (χ1n) is 5.12. The average Bonchev–Trinajstić information content (AvgIpc) is 2.63. The van der Waals surface area contributed by atoms with Crippen molar-refractivity contribution in [3.63, 3.8) is 0 Å². The molecule has 1 rings (SSSR count). The molecule has 0 aliphatic carbocycles. The zero-order valence-electron chi connectivity index (χ0n) is 9.64. The summed E-state index contributed by atoms with van der Waals surface area (Å²) in [6, 6.07) is 0. The molecule has 15 heavy (non-hydrogen) atoms. The third-order valence-corrected chi connectivity index (χ3v) is 2.21. The van der Waals surface area contributed by atoms with Crippen LogP contribution in [0.15, 0.2) is 6.33 Å². The summed E-state index contributed by atoms with van der Waals surface area (Å²) in [6.07, 6.45) is 2.63. The minimum Gasteiger partial charge on any atom is -0.384 e. The van der Waals surface area contributed by atoms with Crippen LogP contribution in [-0.4, -0.2) is 42.2 Å². The van der Waals surface area contributed by atoms with Crippen molar-refractivity contribution in [3.05, 3.63) is 12.2 Å². The molecule has 1 atom stereocenters. The minimum atomic E-state index is 0.459. The van der Waals surface area contributed by atoms with Crippen molar-refractivity contribution in [3.8, 4) is 0 Å². The third kappa shape index (κ3) is 3.97. The lowest BCUT2D eigenvalue weighted by molar-refractivity contribution is 0.157. The first-order chi connectivity index (χ1) is 7.27. The van der Waals surface area contributed by atoms with Crippen LogP contribution in [0.1, 0.15) is 12.7 Å². The second-order valence-corrected chi connectivity index (χ2v) is 3.70. The van der Waals surface area contributed by atoms with Crippen molar-refractivity contribution in [2.75, 3.05) is 27.4 Å². The van der Waals surface area contributed by atoms with Crippen molar-refractivity contribution in [1.29, 1.82) is 0 Å². The summed E-state index contributed by atoms with van der Waals surface area (Å²) in [6.45, 7) is 4.37. The van der Waals surface area contributed by atoms with Gasteiger partial charge in [0.25, 0.3) is 0 Å². The van der Waals surface area contributed by atoms with Gasteiger partial charge in [-0.2, -0.15) is 0 Å². The second-order valence-electron chi connectivity index (χ2n) is 3.70. The molecule has 1 aromatic rings. The molecule has 0 fully saturated rings. The van der Waals surface area contributed by atoms with E-state index < -0.39 is 0 Å². The van der Waals surface area contributed by atoms with E-state index in [-0.39, 0.29) is 0 Å². The van der Waals surface area contributed by atoms with Crippen LogP contribution >= 0.6 is 0 Å². The first kappa shape index (κ1) is 12.1. The zero-order valence-corrected chi connectivity index (χ0v) is 9.64. The Balaban J connectivity index is 2.48. The van der Waals surface area contributed by atoms with Crippen LogP contribution in [-0.2, 0) is 22.4 Å². The monoisotopic (exact) mass is 213 g/mol. The van der Waals surface area contributed by atoms with Gasteiger partial charge in [0, 0.05) is 33.8 Å². The molecule has 1 heterocycles. The van der Waals surface area contributed by atoms with Gasteiger partial charge in [0.05, 0.1) is 6.61 Å². The summed E-state index contributed by atoms with van der Waals surface area (Å²) in [7, 11) is 3.41. The molecule has 0 saturated carbocycles. The van der Waals surface area contributed by atoms with Crippen molar-refractivity contribution in [1.82, 2.24) is 14.8 Å². The summed E-state index contributed by atoms with van der Waals surface area (Å²) < 4.78 is 12.1. The fourth-order valence-corrected chi connectivity index (χ4v) is 1.47. The molecule has 1 unspecified atom stereocenters. The minimum absolute atomic E-state index is 0.459. The predicted octanol–water partition coefficient (Wildman–Crippen LogP) is 0.749. The smallest absolute Gasteiger partial charge is 0.133 e. The Morgan fingerprint density at radius 1 is 1.40 bits per heavy atom. The third-order valence-electron chi connectivity index (χ3n) is 2.21. The molecule has 0 radical (unpaired) electrons. The van der Waals surface area contributed by atoms with Gasteiger partial charge in [-0.05, 0) is 5.92 Å². The zero-order chi connectivity index (χ0) is 11.1. The first-order valence-corrected chi connectivity index (χ1v) is 5.12. The summed E-state index contributed by atoms with van der Waals surface area (Å²) >= 11 is 0. The summed E-state index contributed by atoms with van der Waals surface area (Å²) in [5, 5.41) is 8.00. The van der Waals surface area contributed by atoms with Gasteiger partial charge < -0.3 is 14.0 Å². The van der Waals surface area contributed by atoms with Gasteiger partial charge in [-0.15, -0.1) is 10.2 Å². The van der Waals surface area contributed by atoms with Crippen LogP contribution in [0.5, 0.6) is 0 Å². The summed E-state index contributed by atoms with van der Waals surface area (Å²) in [4.78, 5) is 0. The Morgan fingerprint density at radius 2 is 2.20 bits per heavy atom. The molecular formula is C10H19N3O2. The highest BCUT2D eigenvalue weighted by Gasteiger charge is 2.09. The Bertz CT molecular complexity index is 275. The summed E-state index contributed by atoms with van der Waals surface area (Å²) in [5.74, 6) is 1.46. The van der Waals surface area contributed by atoms with Crippen LogP contribution in [0, 0.1) is 5.92 Å². The molecular weight excluding hydrogens is 194 g/mol. The maximum Gasteiger partial charge on any atom is 0.133 e. The Morgan fingerprint density at radius 3 is 2.87 bits per heavy atom. The van der Waals surface area contributed by atoms with Crippen molar-refractivity contribution >= 4 is 0 Å². The SMILES string of the molecule is COCCn1cnnc1CC(C)COC. The van der Waals surface area contributed by atoms with Crippen LogP contribution in [0.4, 0.5) is 0 Å². The highest BCUT2D eigenvalue weighted by Crippen LogP contribution is 2.06.